The van der Waals surface area contributed by atoms with E-state index in [1.54, 1.807) is 0 Å². The third-order valence-electron chi connectivity index (χ3n) is 5.45. The first-order chi connectivity index (χ1) is 13.1. The van der Waals surface area contributed by atoms with Gasteiger partial charge in [-0.2, -0.15) is 5.10 Å². The lowest BCUT2D eigenvalue weighted by molar-refractivity contribution is -0.117. The fourth-order valence-electron chi connectivity index (χ4n) is 4.11. The summed E-state index contributed by atoms with van der Waals surface area (Å²) < 4.78 is 1.86. The maximum Gasteiger partial charge on any atom is 0.262 e. The minimum absolute atomic E-state index is 0.00518. The Bertz CT molecular complexity index is 1080. The number of primary amides is 1. The number of hydrogen-bond acceptors (Lipinski definition) is 4. The third kappa shape index (κ3) is 3.23. The van der Waals surface area contributed by atoms with Crippen LogP contribution in [0.1, 0.15) is 36.1 Å². The summed E-state index contributed by atoms with van der Waals surface area (Å²) in [6.07, 6.45) is 5.31. The van der Waals surface area contributed by atoms with Crippen molar-refractivity contribution in [3.05, 3.63) is 39.3 Å². The largest absolute Gasteiger partial charge is 0.369 e. The van der Waals surface area contributed by atoms with Crippen LogP contribution in [0.4, 0.5) is 0 Å². The van der Waals surface area contributed by atoms with Crippen LogP contribution in [-0.4, -0.2) is 33.8 Å². The lowest BCUT2D eigenvalue weighted by Gasteiger charge is -2.19. The highest BCUT2D eigenvalue weighted by Gasteiger charge is 2.18. The zero-order chi connectivity index (χ0) is 19.0. The number of aromatic nitrogens is 3. The van der Waals surface area contributed by atoms with Gasteiger partial charge in [-0.1, -0.05) is 0 Å². The molecule has 7 heteroatoms. The molecule has 4 N–H and O–H groups in total. The van der Waals surface area contributed by atoms with Crippen molar-refractivity contribution in [1.29, 1.82) is 0 Å². The number of nitrogens with one attached hydrogen (secondary N) is 2. The molecule has 0 bridgehead atoms. The van der Waals surface area contributed by atoms with Crippen LogP contribution in [0.5, 0.6) is 0 Å². The number of nitrogens with zero attached hydrogens (tertiary/aromatic N) is 2. The lowest BCUT2D eigenvalue weighted by Crippen LogP contribution is -2.30. The van der Waals surface area contributed by atoms with E-state index >= 15 is 0 Å². The van der Waals surface area contributed by atoms with E-state index in [-0.39, 0.29) is 18.0 Å². The first kappa shape index (κ1) is 17.7. The third-order valence-corrected chi connectivity index (χ3v) is 5.45. The number of benzene rings is 1. The molecule has 27 heavy (non-hydrogen) atoms. The van der Waals surface area contributed by atoms with Gasteiger partial charge in [-0.3, -0.25) is 14.7 Å². The van der Waals surface area contributed by atoms with Gasteiger partial charge in [0.1, 0.15) is 5.52 Å². The zero-order valence-corrected chi connectivity index (χ0v) is 15.6. The Balaban J connectivity index is 1.79. The van der Waals surface area contributed by atoms with Gasteiger partial charge in [-0.15, -0.1) is 0 Å². The van der Waals surface area contributed by atoms with Crippen molar-refractivity contribution in [1.82, 2.24) is 20.1 Å². The standard InChI is InChI=1S/C20H25N5O2/c1-12-18-19(24-23-12)15-9-13-5-2-3-6-14(13)10-16(15)25(20(18)27)8-4-7-22-11-17(21)26/h9-10,22H,2-8,11H2,1H3,(H2,21,26)(H,23,24). The van der Waals surface area contributed by atoms with Crippen molar-refractivity contribution >= 4 is 27.7 Å². The van der Waals surface area contributed by atoms with Crippen LogP contribution in [0.3, 0.4) is 0 Å². The van der Waals surface area contributed by atoms with Crippen LogP contribution in [-0.2, 0) is 24.2 Å². The molecule has 0 radical (unpaired) electrons. The maximum atomic E-state index is 13.2. The van der Waals surface area contributed by atoms with Crippen LogP contribution in [0.25, 0.3) is 21.8 Å². The maximum absolute atomic E-state index is 13.2. The first-order valence-corrected chi connectivity index (χ1v) is 9.58. The van der Waals surface area contributed by atoms with Gasteiger partial charge in [0.15, 0.2) is 0 Å². The van der Waals surface area contributed by atoms with E-state index in [1.165, 1.54) is 24.0 Å². The highest BCUT2D eigenvalue weighted by atomic mass is 16.1. The summed E-state index contributed by atoms with van der Waals surface area (Å²) in [6, 6.07) is 4.42. The number of amides is 1. The Kier molecular flexibility index (Phi) is 4.70. The average molecular weight is 367 g/mol. The van der Waals surface area contributed by atoms with Crippen molar-refractivity contribution < 1.29 is 4.79 Å². The van der Waals surface area contributed by atoms with Crippen LogP contribution in [0, 0.1) is 6.92 Å². The second-order valence-corrected chi connectivity index (χ2v) is 7.37. The smallest absolute Gasteiger partial charge is 0.262 e. The molecule has 1 amide bonds. The predicted octanol–water partition coefficient (Wildman–Crippen LogP) is 1.53. The summed E-state index contributed by atoms with van der Waals surface area (Å²) >= 11 is 0. The van der Waals surface area contributed by atoms with Gasteiger partial charge in [-0.05, 0) is 68.8 Å². The number of aromatic amines is 1. The quantitative estimate of drug-likeness (QED) is 0.575. The summed E-state index contributed by atoms with van der Waals surface area (Å²) in [4.78, 5) is 24.0. The Morgan fingerprint density at radius 2 is 2.04 bits per heavy atom. The molecule has 0 atom stereocenters. The van der Waals surface area contributed by atoms with E-state index in [1.807, 2.05) is 11.5 Å². The van der Waals surface area contributed by atoms with Gasteiger partial charge in [0.05, 0.1) is 17.4 Å². The fraction of sp³-hybridized carbons (Fsp3) is 0.450. The molecule has 3 aromatic rings. The lowest BCUT2D eigenvalue weighted by atomic mass is 9.90. The predicted molar refractivity (Wildman–Crippen MR) is 106 cm³/mol. The number of fused-ring (bicyclic) bond motifs is 4. The van der Waals surface area contributed by atoms with Crippen molar-refractivity contribution in [3.63, 3.8) is 0 Å². The molecule has 2 heterocycles. The molecular formula is C20H25N5O2. The van der Waals surface area contributed by atoms with E-state index in [9.17, 15) is 9.59 Å². The Morgan fingerprint density at radius 3 is 2.78 bits per heavy atom. The SMILES string of the molecule is Cc1[nH]nc2c1c(=O)n(CCCNCC(N)=O)c1cc3c(cc21)CCCC3. The Morgan fingerprint density at radius 1 is 1.30 bits per heavy atom. The molecule has 1 aliphatic carbocycles. The van der Waals surface area contributed by atoms with Crippen molar-refractivity contribution in [2.24, 2.45) is 5.73 Å². The van der Waals surface area contributed by atoms with Crippen molar-refractivity contribution in [2.45, 2.75) is 45.6 Å². The number of hydrogen-bond donors (Lipinski definition) is 3. The summed E-state index contributed by atoms with van der Waals surface area (Å²) in [5.41, 5.74) is 10.4. The molecule has 0 unspecified atom stereocenters. The monoisotopic (exact) mass is 367 g/mol. The Labute approximate surface area is 156 Å². The second-order valence-electron chi connectivity index (χ2n) is 7.37. The van der Waals surface area contributed by atoms with Gasteiger partial charge >= 0.3 is 0 Å². The van der Waals surface area contributed by atoms with E-state index in [2.05, 4.69) is 27.6 Å². The molecule has 7 nitrogen and oxygen atoms in total. The van der Waals surface area contributed by atoms with E-state index in [0.717, 1.165) is 41.4 Å². The minimum atomic E-state index is -0.375. The minimum Gasteiger partial charge on any atom is -0.369 e. The number of rotatable bonds is 6. The molecular weight excluding hydrogens is 342 g/mol. The summed E-state index contributed by atoms with van der Waals surface area (Å²) in [6.45, 7) is 3.26. The molecule has 1 aliphatic rings. The summed E-state index contributed by atoms with van der Waals surface area (Å²) in [7, 11) is 0. The van der Waals surface area contributed by atoms with Crippen LogP contribution >= 0.6 is 0 Å². The fourth-order valence-corrected chi connectivity index (χ4v) is 4.11. The first-order valence-electron chi connectivity index (χ1n) is 9.58. The molecule has 2 aromatic heterocycles. The topological polar surface area (TPSA) is 106 Å². The number of aryl methyl sites for hydroxylation is 4. The number of nitrogens with two attached hydrogens (primary N) is 1. The molecule has 0 saturated carbocycles. The van der Waals surface area contributed by atoms with Gasteiger partial charge in [-0.25, -0.2) is 0 Å². The molecule has 1 aromatic carbocycles. The van der Waals surface area contributed by atoms with Crippen LogP contribution < -0.4 is 16.6 Å². The normalized spacial score (nSPS) is 14.0. The number of pyridine rings is 1. The van der Waals surface area contributed by atoms with Gasteiger partial charge in [0.2, 0.25) is 5.91 Å². The molecule has 0 spiro atoms. The zero-order valence-electron chi connectivity index (χ0n) is 15.6. The summed E-state index contributed by atoms with van der Waals surface area (Å²) in [5.74, 6) is -0.375. The van der Waals surface area contributed by atoms with Crippen LogP contribution in [0.2, 0.25) is 0 Å². The highest BCUT2D eigenvalue weighted by molar-refractivity contribution is 6.04. The van der Waals surface area contributed by atoms with Gasteiger partial charge in [0.25, 0.3) is 5.56 Å². The second kappa shape index (κ2) is 7.15. The summed E-state index contributed by atoms with van der Waals surface area (Å²) in [5, 5.41) is 12.1. The molecule has 4 rings (SSSR count). The van der Waals surface area contributed by atoms with Crippen molar-refractivity contribution in [3.8, 4) is 0 Å². The van der Waals surface area contributed by atoms with Crippen LogP contribution in [0.15, 0.2) is 16.9 Å². The van der Waals surface area contributed by atoms with Gasteiger partial charge < -0.3 is 15.6 Å². The van der Waals surface area contributed by atoms with E-state index in [4.69, 9.17) is 5.73 Å². The van der Waals surface area contributed by atoms with Crippen molar-refractivity contribution in [2.75, 3.05) is 13.1 Å². The number of H-pyrrole nitrogens is 1. The number of carbonyl (C=O) groups excluding carboxylic acids is 1. The molecule has 0 aliphatic heterocycles. The van der Waals surface area contributed by atoms with Gasteiger partial charge in [0, 0.05) is 17.6 Å². The number of carbonyl (C=O) groups is 1. The Hall–Kier alpha value is -2.67. The average Bonchev–Trinajstić information content (AvgIpc) is 3.04. The molecule has 0 fully saturated rings. The highest BCUT2D eigenvalue weighted by Crippen LogP contribution is 2.30. The van der Waals surface area contributed by atoms with E-state index < -0.39 is 0 Å². The molecule has 142 valence electrons. The molecule has 0 saturated heterocycles. The van der Waals surface area contributed by atoms with E-state index in [0.29, 0.717) is 18.5 Å².